The van der Waals surface area contributed by atoms with Crippen LogP contribution in [0.1, 0.15) is 27.7 Å². The van der Waals surface area contributed by atoms with E-state index in [9.17, 15) is 0 Å². The first-order valence-electron chi connectivity index (χ1n) is 5.04. The zero-order chi connectivity index (χ0) is 11.6. The summed E-state index contributed by atoms with van der Waals surface area (Å²) in [5, 5.41) is 8.32. The third kappa shape index (κ3) is 3.06. The molecule has 1 rings (SSSR count). The molecular formula is C11H18ClN3. The fourth-order valence-electron chi connectivity index (χ4n) is 1.28. The Morgan fingerprint density at radius 3 is 2.27 bits per heavy atom. The highest BCUT2D eigenvalue weighted by atomic mass is 35.5. The van der Waals surface area contributed by atoms with Crippen LogP contribution in [0.4, 0.5) is 5.82 Å². The van der Waals surface area contributed by atoms with Gasteiger partial charge in [-0.3, -0.25) is 0 Å². The first-order valence-corrected chi connectivity index (χ1v) is 5.42. The molecule has 4 heteroatoms. The lowest BCUT2D eigenvalue weighted by Gasteiger charge is -2.35. The number of aromatic nitrogens is 2. The van der Waals surface area contributed by atoms with Crippen LogP contribution in [0, 0.1) is 5.41 Å². The molecule has 15 heavy (non-hydrogen) atoms. The first kappa shape index (κ1) is 12.2. The molecule has 1 unspecified atom stereocenters. The lowest BCUT2D eigenvalue weighted by Crippen LogP contribution is -2.39. The summed E-state index contributed by atoms with van der Waals surface area (Å²) in [6.45, 7) is 8.79. The minimum atomic E-state index is 0.204. The van der Waals surface area contributed by atoms with E-state index in [1.54, 1.807) is 6.07 Å². The van der Waals surface area contributed by atoms with Crippen LogP contribution >= 0.6 is 11.6 Å². The largest absolute Gasteiger partial charge is 0.355 e. The molecule has 0 aromatic carbocycles. The van der Waals surface area contributed by atoms with Crippen molar-refractivity contribution in [3.05, 3.63) is 17.3 Å². The predicted molar refractivity (Wildman–Crippen MR) is 64.4 cm³/mol. The van der Waals surface area contributed by atoms with Crippen LogP contribution in [0.2, 0.25) is 5.15 Å². The predicted octanol–water partition coefficient (Wildman–Crippen LogP) is 3.00. The van der Waals surface area contributed by atoms with Crippen LogP contribution in [-0.2, 0) is 0 Å². The van der Waals surface area contributed by atoms with Crippen LogP contribution in [0.3, 0.4) is 0 Å². The molecule has 0 bridgehead atoms. The molecule has 0 saturated heterocycles. The maximum Gasteiger partial charge on any atom is 0.151 e. The van der Waals surface area contributed by atoms with Crippen molar-refractivity contribution in [2.24, 2.45) is 5.41 Å². The monoisotopic (exact) mass is 227 g/mol. The standard InChI is InChI=1S/C11H18ClN3/c1-8(11(2,3)4)15(5)10-7-6-9(12)13-14-10/h6-8H,1-5H3. The minimum Gasteiger partial charge on any atom is -0.355 e. The average Bonchev–Trinajstić information content (AvgIpc) is 2.15. The molecule has 1 aromatic rings. The van der Waals surface area contributed by atoms with Gasteiger partial charge < -0.3 is 4.90 Å². The molecule has 0 radical (unpaired) electrons. The molecule has 0 aliphatic carbocycles. The summed E-state index contributed by atoms with van der Waals surface area (Å²) in [5.41, 5.74) is 0.204. The molecule has 0 aliphatic heterocycles. The summed E-state index contributed by atoms with van der Waals surface area (Å²) in [4.78, 5) is 2.11. The van der Waals surface area contributed by atoms with Crippen LogP contribution in [-0.4, -0.2) is 23.3 Å². The summed E-state index contributed by atoms with van der Waals surface area (Å²) in [5.74, 6) is 0.849. The van der Waals surface area contributed by atoms with Crippen molar-refractivity contribution in [3.63, 3.8) is 0 Å². The molecule has 0 N–H and O–H groups in total. The number of nitrogens with zero attached hydrogens (tertiary/aromatic N) is 3. The zero-order valence-corrected chi connectivity index (χ0v) is 10.7. The summed E-state index contributed by atoms with van der Waals surface area (Å²) in [6, 6.07) is 4.03. The third-order valence-corrected chi connectivity index (χ3v) is 3.02. The van der Waals surface area contributed by atoms with Crippen LogP contribution in [0.25, 0.3) is 0 Å². The molecule has 0 saturated carbocycles. The molecule has 1 aromatic heterocycles. The maximum atomic E-state index is 5.69. The Kier molecular flexibility index (Phi) is 3.55. The Morgan fingerprint density at radius 2 is 1.87 bits per heavy atom. The van der Waals surface area contributed by atoms with Crippen molar-refractivity contribution >= 4 is 17.4 Å². The van der Waals surface area contributed by atoms with Gasteiger partial charge in [0.05, 0.1) is 0 Å². The van der Waals surface area contributed by atoms with Gasteiger partial charge in [0.15, 0.2) is 11.0 Å². The molecular weight excluding hydrogens is 210 g/mol. The molecule has 1 atom stereocenters. The number of hydrogen-bond acceptors (Lipinski definition) is 3. The Hall–Kier alpha value is -0.830. The number of halogens is 1. The van der Waals surface area contributed by atoms with E-state index in [2.05, 4.69) is 42.8 Å². The highest BCUT2D eigenvalue weighted by Gasteiger charge is 2.24. The lowest BCUT2D eigenvalue weighted by atomic mass is 9.87. The van der Waals surface area contributed by atoms with Crippen molar-refractivity contribution in [2.45, 2.75) is 33.7 Å². The summed E-state index contributed by atoms with van der Waals surface area (Å²) >= 11 is 5.69. The molecule has 1 heterocycles. The van der Waals surface area contributed by atoms with E-state index in [0.29, 0.717) is 11.2 Å². The summed E-state index contributed by atoms with van der Waals surface area (Å²) < 4.78 is 0. The van der Waals surface area contributed by atoms with Gasteiger partial charge >= 0.3 is 0 Å². The van der Waals surface area contributed by atoms with E-state index in [1.807, 2.05) is 13.1 Å². The quantitative estimate of drug-likeness (QED) is 0.778. The van der Waals surface area contributed by atoms with Gasteiger partial charge in [0.1, 0.15) is 0 Å². The van der Waals surface area contributed by atoms with Crippen molar-refractivity contribution in [2.75, 3.05) is 11.9 Å². The van der Waals surface area contributed by atoms with E-state index in [0.717, 1.165) is 5.82 Å². The molecule has 3 nitrogen and oxygen atoms in total. The Labute approximate surface area is 96.5 Å². The van der Waals surface area contributed by atoms with E-state index in [1.165, 1.54) is 0 Å². The first-order chi connectivity index (χ1) is 6.82. The SMILES string of the molecule is CC(N(C)c1ccc(Cl)nn1)C(C)(C)C. The second kappa shape index (κ2) is 4.35. The highest BCUT2D eigenvalue weighted by molar-refractivity contribution is 6.29. The van der Waals surface area contributed by atoms with Gasteiger partial charge in [-0.25, -0.2) is 0 Å². The molecule has 0 amide bonds. The zero-order valence-electron chi connectivity index (χ0n) is 9.95. The van der Waals surface area contributed by atoms with E-state index in [4.69, 9.17) is 11.6 Å². The minimum absolute atomic E-state index is 0.204. The van der Waals surface area contributed by atoms with Gasteiger partial charge in [0, 0.05) is 13.1 Å². The summed E-state index contributed by atoms with van der Waals surface area (Å²) in [7, 11) is 2.02. The topological polar surface area (TPSA) is 29.0 Å². The van der Waals surface area contributed by atoms with Gasteiger partial charge in [-0.1, -0.05) is 32.4 Å². The van der Waals surface area contributed by atoms with Crippen molar-refractivity contribution < 1.29 is 0 Å². The normalized spacial score (nSPS) is 13.7. The van der Waals surface area contributed by atoms with E-state index in [-0.39, 0.29) is 5.41 Å². The van der Waals surface area contributed by atoms with Crippen molar-refractivity contribution in [1.82, 2.24) is 10.2 Å². The summed E-state index contributed by atoms with van der Waals surface area (Å²) in [6.07, 6.45) is 0. The second-order valence-corrected chi connectivity index (χ2v) is 5.25. The van der Waals surface area contributed by atoms with Gasteiger partial charge in [-0.2, -0.15) is 0 Å². The fourth-order valence-corrected chi connectivity index (χ4v) is 1.38. The Balaban J connectivity index is 2.85. The third-order valence-electron chi connectivity index (χ3n) is 2.81. The highest BCUT2D eigenvalue weighted by Crippen LogP contribution is 2.25. The maximum absolute atomic E-state index is 5.69. The smallest absolute Gasteiger partial charge is 0.151 e. The number of rotatable bonds is 2. The lowest BCUT2D eigenvalue weighted by molar-refractivity contribution is 0.328. The fraction of sp³-hybridized carbons (Fsp3) is 0.636. The van der Waals surface area contributed by atoms with Gasteiger partial charge in [-0.05, 0) is 24.5 Å². The van der Waals surface area contributed by atoms with Crippen LogP contribution in [0.5, 0.6) is 0 Å². The van der Waals surface area contributed by atoms with Gasteiger partial charge in [0.2, 0.25) is 0 Å². The Morgan fingerprint density at radius 1 is 1.27 bits per heavy atom. The van der Waals surface area contributed by atoms with E-state index < -0.39 is 0 Å². The number of hydrogen-bond donors (Lipinski definition) is 0. The number of anilines is 1. The Bertz CT molecular complexity index is 316. The van der Waals surface area contributed by atoms with Crippen LogP contribution in [0.15, 0.2) is 12.1 Å². The molecule has 0 aliphatic rings. The van der Waals surface area contributed by atoms with Gasteiger partial charge in [-0.15, -0.1) is 10.2 Å². The molecule has 0 spiro atoms. The average molecular weight is 228 g/mol. The van der Waals surface area contributed by atoms with Crippen molar-refractivity contribution in [1.29, 1.82) is 0 Å². The van der Waals surface area contributed by atoms with E-state index >= 15 is 0 Å². The van der Waals surface area contributed by atoms with Crippen LogP contribution < -0.4 is 4.90 Å². The van der Waals surface area contributed by atoms with Crippen molar-refractivity contribution in [3.8, 4) is 0 Å². The molecule has 0 fully saturated rings. The molecule has 84 valence electrons. The second-order valence-electron chi connectivity index (χ2n) is 4.87. The van der Waals surface area contributed by atoms with Gasteiger partial charge in [0.25, 0.3) is 0 Å².